The predicted octanol–water partition coefficient (Wildman–Crippen LogP) is 2.82. The minimum absolute atomic E-state index is 0.181. The molecule has 0 radical (unpaired) electrons. The molecule has 0 saturated heterocycles. The van der Waals surface area contributed by atoms with Gasteiger partial charge in [-0.1, -0.05) is 22.0 Å². The van der Waals surface area contributed by atoms with E-state index in [0.717, 1.165) is 22.9 Å². The molecule has 3 heteroatoms. The van der Waals surface area contributed by atoms with E-state index in [1.54, 1.807) is 6.07 Å². The predicted molar refractivity (Wildman–Crippen MR) is 62.4 cm³/mol. The summed E-state index contributed by atoms with van der Waals surface area (Å²) in [7, 11) is 0. The number of aryl methyl sites for hydroxylation is 1. The maximum Gasteiger partial charge on any atom is 0.119 e. The van der Waals surface area contributed by atoms with Gasteiger partial charge in [0.1, 0.15) is 5.75 Å². The summed E-state index contributed by atoms with van der Waals surface area (Å²) in [5.41, 5.74) is 6.64. The quantitative estimate of drug-likeness (QED) is 0.875. The summed E-state index contributed by atoms with van der Waals surface area (Å²) < 4.78 is 0.894. The lowest BCUT2D eigenvalue weighted by Gasteiger charge is -2.18. The fraction of sp³-hybridized carbons (Fsp3) is 0.455. The number of phenolic OH excluding ortho intramolecular Hbond substituents is 1. The van der Waals surface area contributed by atoms with E-state index in [1.807, 2.05) is 26.0 Å². The molecule has 0 heterocycles. The van der Waals surface area contributed by atoms with Crippen molar-refractivity contribution in [3.63, 3.8) is 0 Å². The molecule has 78 valence electrons. The molecule has 0 amide bonds. The molecule has 3 N–H and O–H groups in total. The molecule has 0 aromatic heterocycles. The van der Waals surface area contributed by atoms with Crippen LogP contribution >= 0.6 is 15.9 Å². The number of benzene rings is 1. The standard InChI is InChI=1S/C11H16BrNO/c1-11(2,13)6-5-8-3-4-9(12)7-10(8)14/h3-4,7,14H,5-6,13H2,1-2H3. The van der Waals surface area contributed by atoms with Crippen LogP contribution < -0.4 is 5.73 Å². The lowest BCUT2D eigenvalue weighted by Crippen LogP contribution is -2.32. The van der Waals surface area contributed by atoms with Crippen molar-refractivity contribution in [3.05, 3.63) is 28.2 Å². The van der Waals surface area contributed by atoms with Gasteiger partial charge in [0, 0.05) is 10.0 Å². The van der Waals surface area contributed by atoms with Crippen molar-refractivity contribution in [3.8, 4) is 5.75 Å². The molecule has 1 aromatic carbocycles. The van der Waals surface area contributed by atoms with Crippen LogP contribution in [0.3, 0.4) is 0 Å². The van der Waals surface area contributed by atoms with E-state index in [-0.39, 0.29) is 5.54 Å². The Hall–Kier alpha value is -0.540. The van der Waals surface area contributed by atoms with Gasteiger partial charge in [-0.05, 0) is 44.4 Å². The normalized spacial score (nSPS) is 11.7. The van der Waals surface area contributed by atoms with E-state index in [4.69, 9.17) is 5.73 Å². The van der Waals surface area contributed by atoms with Crippen molar-refractivity contribution < 1.29 is 5.11 Å². The highest BCUT2D eigenvalue weighted by Crippen LogP contribution is 2.24. The number of hydrogen-bond donors (Lipinski definition) is 2. The third-order valence-corrected chi connectivity index (χ3v) is 2.58. The molecular weight excluding hydrogens is 242 g/mol. The first kappa shape index (κ1) is 11.5. The first-order chi connectivity index (χ1) is 6.38. The molecule has 1 aromatic rings. The van der Waals surface area contributed by atoms with E-state index in [2.05, 4.69) is 15.9 Å². The van der Waals surface area contributed by atoms with Crippen molar-refractivity contribution in [2.75, 3.05) is 0 Å². The molecule has 0 atom stereocenters. The summed E-state index contributed by atoms with van der Waals surface area (Å²) in [4.78, 5) is 0. The SMILES string of the molecule is CC(C)(N)CCc1ccc(Br)cc1O. The second kappa shape index (κ2) is 4.32. The van der Waals surface area contributed by atoms with E-state index >= 15 is 0 Å². The first-order valence-electron chi connectivity index (χ1n) is 4.65. The van der Waals surface area contributed by atoms with E-state index in [0.29, 0.717) is 5.75 Å². The number of aromatic hydroxyl groups is 1. The van der Waals surface area contributed by atoms with Crippen molar-refractivity contribution >= 4 is 15.9 Å². The molecule has 0 bridgehead atoms. The Labute approximate surface area is 93.3 Å². The van der Waals surface area contributed by atoms with Gasteiger partial charge in [0.2, 0.25) is 0 Å². The first-order valence-corrected chi connectivity index (χ1v) is 5.44. The number of hydrogen-bond acceptors (Lipinski definition) is 2. The van der Waals surface area contributed by atoms with E-state index in [9.17, 15) is 5.11 Å². The van der Waals surface area contributed by atoms with Crippen molar-refractivity contribution in [1.29, 1.82) is 0 Å². The number of nitrogens with two attached hydrogens (primary N) is 1. The fourth-order valence-corrected chi connectivity index (χ4v) is 1.55. The Balaban J connectivity index is 2.68. The minimum Gasteiger partial charge on any atom is -0.508 e. The summed E-state index contributed by atoms with van der Waals surface area (Å²) in [5.74, 6) is 0.337. The number of phenols is 1. The Morgan fingerprint density at radius 2 is 2.07 bits per heavy atom. The monoisotopic (exact) mass is 257 g/mol. The highest BCUT2D eigenvalue weighted by Gasteiger charge is 2.11. The maximum absolute atomic E-state index is 9.62. The van der Waals surface area contributed by atoms with Crippen LogP contribution in [0.15, 0.2) is 22.7 Å². The zero-order chi connectivity index (χ0) is 10.8. The lowest BCUT2D eigenvalue weighted by molar-refractivity contribution is 0.448. The Morgan fingerprint density at radius 3 is 2.57 bits per heavy atom. The minimum atomic E-state index is -0.181. The summed E-state index contributed by atoms with van der Waals surface area (Å²) in [6.45, 7) is 3.98. The molecule has 14 heavy (non-hydrogen) atoms. The third kappa shape index (κ3) is 3.68. The van der Waals surface area contributed by atoms with Crippen molar-refractivity contribution in [2.45, 2.75) is 32.2 Å². The van der Waals surface area contributed by atoms with Crippen molar-refractivity contribution in [2.24, 2.45) is 5.73 Å². The van der Waals surface area contributed by atoms with Gasteiger partial charge in [0.25, 0.3) is 0 Å². The van der Waals surface area contributed by atoms with Crippen LogP contribution in [0.4, 0.5) is 0 Å². The van der Waals surface area contributed by atoms with Crippen molar-refractivity contribution in [1.82, 2.24) is 0 Å². The Bertz CT molecular complexity index is 318. The Kier molecular flexibility index (Phi) is 3.56. The molecular formula is C11H16BrNO. The highest BCUT2D eigenvalue weighted by atomic mass is 79.9. The summed E-state index contributed by atoms with van der Waals surface area (Å²) in [6.07, 6.45) is 1.67. The van der Waals surface area contributed by atoms with Gasteiger partial charge in [0.15, 0.2) is 0 Å². The van der Waals surface area contributed by atoms with E-state index in [1.165, 1.54) is 0 Å². The van der Waals surface area contributed by atoms with Crippen LogP contribution in [0.25, 0.3) is 0 Å². The number of halogens is 1. The smallest absolute Gasteiger partial charge is 0.119 e. The summed E-state index contributed by atoms with van der Waals surface area (Å²) in [5, 5.41) is 9.62. The van der Waals surface area contributed by atoms with Gasteiger partial charge >= 0.3 is 0 Å². The fourth-order valence-electron chi connectivity index (χ4n) is 1.21. The molecule has 0 unspecified atom stereocenters. The largest absolute Gasteiger partial charge is 0.508 e. The molecule has 2 nitrogen and oxygen atoms in total. The molecule has 1 rings (SSSR count). The zero-order valence-electron chi connectivity index (χ0n) is 8.55. The van der Waals surface area contributed by atoms with Crippen LogP contribution in [0.5, 0.6) is 5.75 Å². The molecule has 0 fully saturated rings. The lowest BCUT2D eigenvalue weighted by atomic mass is 9.96. The topological polar surface area (TPSA) is 46.2 Å². The van der Waals surface area contributed by atoms with Crippen LogP contribution in [-0.4, -0.2) is 10.6 Å². The molecule has 0 aliphatic carbocycles. The summed E-state index contributed by atoms with van der Waals surface area (Å²) in [6, 6.07) is 5.56. The molecule has 0 aliphatic rings. The molecule has 0 saturated carbocycles. The van der Waals surface area contributed by atoms with Crippen LogP contribution in [0.1, 0.15) is 25.8 Å². The Morgan fingerprint density at radius 1 is 1.43 bits per heavy atom. The highest BCUT2D eigenvalue weighted by molar-refractivity contribution is 9.10. The van der Waals surface area contributed by atoms with Gasteiger partial charge in [0.05, 0.1) is 0 Å². The van der Waals surface area contributed by atoms with Gasteiger partial charge in [-0.25, -0.2) is 0 Å². The van der Waals surface area contributed by atoms with Crippen LogP contribution in [0, 0.1) is 0 Å². The average molecular weight is 258 g/mol. The zero-order valence-corrected chi connectivity index (χ0v) is 10.1. The average Bonchev–Trinajstić information content (AvgIpc) is 2.00. The third-order valence-electron chi connectivity index (χ3n) is 2.09. The summed E-state index contributed by atoms with van der Waals surface area (Å²) >= 11 is 3.30. The maximum atomic E-state index is 9.62. The van der Waals surface area contributed by atoms with Gasteiger partial charge in [-0.2, -0.15) is 0 Å². The van der Waals surface area contributed by atoms with E-state index < -0.39 is 0 Å². The van der Waals surface area contributed by atoms with Gasteiger partial charge in [-0.3, -0.25) is 0 Å². The van der Waals surface area contributed by atoms with Gasteiger partial charge < -0.3 is 10.8 Å². The van der Waals surface area contributed by atoms with Crippen LogP contribution in [-0.2, 0) is 6.42 Å². The second-order valence-corrected chi connectivity index (χ2v) is 5.18. The molecule has 0 aliphatic heterocycles. The molecule has 0 spiro atoms. The van der Waals surface area contributed by atoms with Gasteiger partial charge in [-0.15, -0.1) is 0 Å². The number of rotatable bonds is 3. The van der Waals surface area contributed by atoms with Crippen LogP contribution in [0.2, 0.25) is 0 Å². The second-order valence-electron chi connectivity index (χ2n) is 4.26.